The minimum atomic E-state index is -0.390. The number of rotatable bonds is 1. The van der Waals surface area contributed by atoms with E-state index in [-0.39, 0.29) is 22.8 Å². The highest BCUT2D eigenvalue weighted by atomic mass is 32.1. The molecule has 0 unspecified atom stereocenters. The average Bonchev–Trinajstić information content (AvgIpc) is 2.80. The summed E-state index contributed by atoms with van der Waals surface area (Å²) in [6.45, 7) is 1.88. The van der Waals surface area contributed by atoms with Crippen LogP contribution in [0.5, 0.6) is 0 Å². The highest BCUT2D eigenvalue weighted by molar-refractivity contribution is 7.09. The Bertz CT molecular complexity index is 742. The van der Waals surface area contributed by atoms with E-state index >= 15 is 0 Å². The van der Waals surface area contributed by atoms with Crippen molar-refractivity contribution in [3.05, 3.63) is 49.9 Å². The standard InChI is InChI=1S/C12H8N2O3S/c1-2-6-8-10(16)5-3-4-7(15)13-9(5)11(17)12(8)18-14-6/h3-4H,2H2,1H3,(H,13,15). The van der Waals surface area contributed by atoms with Crippen LogP contribution in [0.25, 0.3) is 0 Å². The minimum Gasteiger partial charge on any atom is -0.319 e. The maximum atomic E-state index is 12.3. The van der Waals surface area contributed by atoms with Gasteiger partial charge in [-0.3, -0.25) is 14.4 Å². The van der Waals surface area contributed by atoms with Gasteiger partial charge in [-0.05, 0) is 24.0 Å². The van der Waals surface area contributed by atoms with Crippen molar-refractivity contribution in [2.24, 2.45) is 0 Å². The summed E-state index contributed by atoms with van der Waals surface area (Å²) in [4.78, 5) is 38.5. The highest BCUT2D eigenvalue weighted by Crippen LogP contribution is 2.30. The lowest BCUT2D eigenvalue weighted by Gasteiger charge is -2.13. The van der Waals surface area contributed by atoms with Crippen molar-refractivity contribution in [2.75, 3.05) is 0 Å². The third kappa shape index (κ3) is 1.32. The molecule has 0 aliphatic heterocycles. The zero-order valence-electron chi connectivity index (χ0n) is 9.44. The Morgan fingerprint density at radius 3 is 2.72 bits per heavy atom. The number of fused-ring (bicyclic) bond motifs is 2. The van der Waals surface area contributed by atoms with E-state index in [1.54, 1.807) is 0 Å². The van der Waals surface area contributed by atoms with Crippen LogP contribution in [0.4, 0.5) is 0 Å². The number of aromatic amines is 1. The van der Waals surface area contributed by atoms with Crippen LogP contribution in [0.2, 0.25) is 0 Å². The van der Waals surface area contributed by atoms with Crippen LogP contribution in [0.15, 0.2) is 16.9 Å². The molecular weight excluding hydrogens is 252 g/mol. The molecule has 0 amide bonds. The van der Waals surface area contributed by atoms with Crippen molar-refractivity contribution >= 4 is 23.1 Å². The first-order valence-electron chi connectivity index (χ1n) is 5.44. The summed E-state index contributed by atoms with van der Waals surface area (Å²) >= 11 is 1.02. The van der Waals surface area contributed by atoms with Gasteiger partial charge in [0.2, 0.25) is 11.3 Å². The quantitative estimate of drug-likeness (QED) is 0.712. The van der Waals surface area contributed by atoms with Crippen LogP contribution in [0.1, 0.15) is 43.9 Å². The predicted molar refractivity (Wildman–Crippen MR) is 65.4 cm³/mol. The molecule has 0 saturated heterocycles. The largest absolute Gasteiger partial charge is 0.319 e. The van der Waals surface area contributed by atoms with Crippen LogP contribution < -0.4 is 5.56 Å². The molecule has 0 fully saturated rings. The molecule has 90 valence electrons. The third-order valence-corrected chi connectivity index (χ3v) is 3.81. The van der Waals surface area contributed by atoms with Crippen molar-refractivity contribution in [3.8, 4) is 0 Å². The zero-order valence-corrected chi connectivity index (χ0v) is 10.3. The van der Waals surface area contributed by atoms with Gasteiger partial charge in [-0.15, -0.1) is 0 Å². The summed E-state index contributed by atoms with van der Waals surface area (Å²) in [6, 6.07) is 2.65. The lowest BCUT2D eigenvalue weighted by atomic mass is 9.91. The van der Waals surface area contributed by atoms with E-state index in [4.69, 9.17) is 0 Å². The van der Waals surface area contributed by atoms with Gasteiger partial charge < -0.3 is 4.98 Å². The molecule has 5 nitrogen and oxygen atoms in total. The number of H-pyrrole nitrogens is 1. The van der Waals surface area contributed by atoms with E-state index in [0.717, 1.165) is 11.5 Å². The summed E-state index contributed by atoms with van der Waals surface area (Å²) in [7, 11) is 0. The molecule has 6 heteroatoms. The molecule has 2 heterocycles. The maximum Gasteiger partial charge on any atom is 0.248 e. The molecular formula is C12H8N2O3S. The van der Waals surface area contributed by atoms with Gasteiger partial charge in [-0.25, -0.2) is 0 Å². The predicted octanol–water partition coefficient (Wildman–Crippen LogP) is 1.17. The molecule has 2 aromatic heterocycles. The van der Waals surface area contributed by atoms with Gasteiger partial charge in [0, 0.05) is 6.07 Å². The first-order chi connectivity index (χ1) is 8.63. The molecule has 0 aromatic carbocycles. The fourth-order valence-electron chi connectivity index (χ4n) is 2.04. The van der Waals surface area contributed by atoms with Crippen molar-refractivity contribution in [1.82, 2.24) is 9.36 Å². The Morgan fingerprint density at radius 1 is 1.22 bits per heavy atom. The Kier molecular flexibility index (Phi) is 2.27. The van der Waals surface area contributed by atoms with Crippen LogP contribution >= 0.6 is 11.5 Å². The summed E-state index contributed by atoms with van der Waals surface area (Å²) in [5.74, 6) is -0.559. The molecule has 0 bridgehead atoms. The summed E-state index contributed by atoms with van der Waals surface area (Å²) in [5.41, 5.74) is 0.976. The van der Waals surface area contributed by atoms with Gasteiger partial charge in [0.1, 0.15) is 10.6 Å². The number of aromatic nitrogens is 2. The molecule has 18 heavy (non-hydrogen) atoms. The molecule has 2 aromatic rings. The van der Waals surface area contributed by atoms with Crippen molar-refractivity contribution in [1.29, 1.82) is 0 Å². The SMILES string of the molecule is CCc1nsc2c1C(=O)c1ccc(=O)[nH]c1C2=O. The molecule has 3 rings (SSSR count). The van der Waals surface area contributed by atoms with Gasteiger partial charge in [-0.2, -0.15) is 4.37 Å². The van der Waals surface area contributed by atoms with Crippen molar-refractivity contribution < 1.29 is 9.59 Å². The number of pyridine rings is 1. The number of nitrogens with zero attached hydrogens (tertiary/aromatic N) is 1. The lowest BCUT2D eigenvalue weighted by molar-refractivity contribution is 0.0978. The average molecular weight is 260 g/mol. The molecule has 0 atom stereocenters. The van der Waals surface area contributed by atoms with E-state index in [2.05, 4.69) is 9.36 Å². The Balaban J connectivity index is 2.33. The molecule has 0 radical (unpaired) electrons. The number of carbonyl (C=O) groups excluding carboxylic acids is 2. The van der Waals surface area contributed by atoms with Crippen LogP contribution in [-0.2, 0) is 6.42 Å². The molecule has 1 aliphatic rings. The Hall–Kier alpha value is -2.08. The lowest BCUT2D eigenvalue weighted by Crippen LogP contribution is -2.24. The third-order valence-electron chi connectivity index (χ3n) is 2.92. The highest BCUT2D eigenvalue weighted by Gasteiger charge is 2.34. The van der Waals surface area contributed by atoms with E-state index in [9.17, 15) is 14.4 Å². The summed E-state index contributed by atoms with van der Waals surface area (Å²) in [6.07, 6.45) is 0.601. The minimum absolute atomic E-state index is 0.0753. The molecule has 1 aliphatic carbocycles. The van der Waals surface area contributed by atoms with E-state index < -0.39 is 5.56 Å². The number of hydrogen-bond acceptors (Lipinski definition) is 5. The first-order valence-corrected chi connectivity index (χ1v) is 6.22. The van der Waals surface area contributed by atoms with E-state index in [1.807, 2.05) is 6.92 Å². The molecule has 1 N–H and O–H groups in total. The van der Waals surface area contributed by atoms with Gasteiger partial charge in [0.15, 0.2) is 5.78 Å². The Labute approximate surface area is 106 Å². The Morgan fingerprint density at radius 2 is 2.00 bits per heavy atom. The second-order valence-corrected chi connectivity index (χ2v) is 4.73. The number of hydrogen-bond donors (Lipinski definition) is 1. The van der Waals surface area contributed by atoms with Gasteiger partial charge in [-0.1, -0.05) is 6.92 Å². The summed E-state index contributed by atoms with van der Waals surface area (Å²) < 4.78 is 4.13. The normalized spacial score (nSPS) is 13.4. The molecule has 0 saturated carbocycles. The fourth-order valence-corrected chi connectivity index (χ4v) is 2.95. The number of ketones is 2. The van der Waals surface area contributed by atoms with Crippen molar-refractivity contribution in [3.63, 3.8) is 0 Å². The van der Waals surface area contributed by atoms with Crippen LogP contribution in [0.3, 0.4) is 0 Å². The number of aryl methyl sites for hydroxylation is 1. The maximum absolute atomic E-state index is 12.3. The van der Waals surface area contributed by atoms with Crippen LogP contribution in [-0.4, -0.2) is 20.9 Å². The van der Waals surface area contributed by atoms with Gasteiger partial charge in [0.25, 0.3) is 0 Å². The number of nitrogens with one attached hydrogen (secondary N) is 1. The van der Waals surface area contributed by atoms with Crippen molar-refractivity contribution in [2.45, 2.75) is 13.3 Å². The zero-order chi connectivity index (χ0) is 12.9. The summed E-state index contributed by atoms with van der Waals surface area (Å²) in [5, 5.41) is 0. The van der Waals surface area contributed by atoms with Crippen LogP contribution in [0, 0.1) is 0 Å². The van der Waals surface area contributed by atoms with E-state index in [0.29, 0.717) is 22.6 Å². The topological polar surface area (TPSA) is 79.9 Å². The second kappa shape index (κ2) is 3.71. The first kappa shape index (κ1) is 11.0. The molecule has 0 spiro atoms. The smallest absolute Gasteiger partial charge is 0.248 e. The number of carbonyl (C=O) groups is 2. The second-order valence-electron chi connectivity index (χ2n) is 3.96. The monoisotopic (exact) mass is 260 g/mol. The fraction of sp³-hybridized carbons (Fsp3) is 0.167. The van der Waals surface area contributed by atoms with Gasteiger partial charge >= 0.3 is 0 Å². The van der Waals surface area contributed by atoms with Gasteiger partial charge in [0.05, 0.1) is 16.8 Å². The van der Waals surface area contributed by atoms with E-state index in [1.165, 1.54) is 12.1 Å².